The van der Waals surface area contributed by atoms with Gasteiger partial charge < -0.3 is 4.74 Å². The largest absolute Gasteiger partial charge is 0.385 e. The van der Waals surface area contributed by atoms with Crippen molar-refractivity contribution in [1.82, 2.24) is 9.03 Å². The van der Waals surface area contributed by atoms with Gasteiger partial charge in [0.15, 0.2) is 0 Å². The number of methoxy groups -OCH3 is 1. The Balaban J connectivity index is 4.69. The van der Waals surface area contributed by atoms with E-state index in [0.717, 1.165) is 0 Å². The third-order valence-electron chi connectivity index (χ3n) is 2.43. The third-order valence-corrected chi connectivity index (χ3v) is 3.97. The molecule has 1 N–H and O–H groups in total. The molecule has 1 unspecified atom stereocenters. The SMILES string of the molecule is COCCC(NS(=O)(=O)N(C)C)C(C)(C)C. The standard InChI is InChI=1S/C10H24N2O3S/c1-10(2,3)9(7-8-15-6)11-16(13,14)12(4)5/h9,11H,7-8H2,1-6H3. The van der Waals surface area contributed by atoms with Crippen LogP contribution in [-0.4, -0.2) is 46.6 Å². The maximum absolute atomic E-state index is 11.7. The lowest BCUT2D eigenvalue weighted by atomic mass is 9.86. The van der Waals surface area contributed by atoms with Crippen LogP contribution < -0.4 is 4.72 Å². The Morgan fingerprint density at radius 2 is 1.81 bits per heavy atom. The van der Waals surface area contributed by atoms with E-state index in [1.165, 1.54) is 18.4 Å². The predicted molar refractivity (Wildman–Crippen MR) is 65.5 cm³/mol. The molecule has 98 valence electrons. The predicted octanol–water partition coefficient (Wildman–Crippen LogP) is 0.834. The first kappa shape index (κ1) is 15.8. The highest BCUT2D eigenvalue weighted by Crippen LogP contribution is 2.22. The molecule has 0 heterocycles. The zero-order valence-corrected chi connectivity index (χ0v) is 11.9. The molecule has 0 aliphatic carbocycles. The average Bonchev–Trinajstić information content (AvgIpc) is 2.10. The van der Waals surface area contributed by atoms with E-state index in [-0.39, 0.29) is 11.5 Å². The van der Waals surface area contributed by atoms with Gasteiger partial charge in [0.1, 0.15) is 0 Å². The minimum absolute atomic E-state index is 0.137. The Bertz CT molecular complexity index is 294. The summed E-state index contributed by atoms with van der Waals surface area (Å²) in [4.78, 5) is 0. The Labute approximate surface area is 99.3 Å². The van der Waals surface area contributed by atoms with E-state index in [2.05, 4.69) is 4.72 Å². The molecular weight excluding hydrogens is 228 g/mol. The van der Waals surface area contributed by atoms with Gasteiger partial charge in [-0.1, -0.05) is 20.8 Å². The highest BCUT2D eigenvalue weighted by molar-refractivity contribution is 7.87. The van der Waals surface area contributed by atoms with Gasteiger partial charge in [-0.2, -0.15) is 17.4 Å². The fourth-order valence-electron chi connectivity index (χ4n) is 1.19. The molecule has 1 atom stereocenters. The van der Waals surface area contributed by atoms with Gasteiger partial charge in [0.2, 0.25) is 0 Å². The summed E-state index contributed by atoms with van der Waals surface area (Å²) in [7, 11) is 1.25. The molecule has 0 bridgehead atoms. The number of nitrogens with zero attached hydrogens (tertiary/aromatic N) is 1. The molecule has 0 amide bonds. The summed E-state index contributed by atoms with van der Waals surface area (Å²) in [6.45, 7) is 6.56. The first-order chi connectivity index (χ1) is 7.11. The molecule has 0 saturated carbocycles. The first-order valence-electron chi connectivity index (χ1n) is 5.30. The molecule has 0 radical (unpaired) electrons. The maximum Gasteiger partial charge on any atom is 0.279 e. The Morgan fingerprint density at radius 3 is 2.12 bits per heavy atom. The molecule has 0 aromatic carbocycles. The van der Waals surface area contributed by atoms with Crippen molar-refractivity contribution < 1.29 is 13.2 Å². The second kappa shape index (κ2) is 5.95. The molecule has 0 saturated heterocycles. The Hall–Kier alpha value is -0.170. The van der Waals surface area contributed by atoms with E-state index in [1.807, 2.05) is 20.8 Å². The fraction of sp³-hybridized carbons (Fsp3) is 1.00. The van der Waals surface area contributed by atoms with Gasteiger partial charge in [0.05, 0.1) is 0 Å². The summed E-state index contributed by atoms with van der Waals surface area (Å²) >= 11 is 0. The molecule has 0 aromatic rings. The van der Waals surface area contributed by atoms with Gasteiger partial charge in [-0.05, 0) is 11.8 Å². The van der Waals surface area contributed by atoms with Gasteiger partial charge in [-0.15, -0.1) is 0 Å². The van der Waals surface area contributed by atoms with Crippen LogP contribution >= 0.6 is 0 Å². The highest BCUT2D eigenvalue weighted by atomic mass is 32.2. The van der Waals surface area contributed by atoms with Crippen molar-refractivity contribution in [3.63, 3.8) is 0 Å². The van der Waals surface area contributed by atoms with Gasteiger partial charge in [-0.25, -0.2) is 0 Å². The van der Waals surface area contributed by atoms with Crippen LogP contribution in [-0.2, 0) is 14.9 Å². The van der Waals surface area contributed by atoms with Gasteiger partial charge in [0.25, 0.3) is 10.2 Å². The summed E-state index contributed by atoms with van der Waals surface area (Å²) in [6.07, 6.45) is 0.660. The summed E-state index contributed by atoms with van der Waals surface area (Å²) in [5.41, 5.74) is -0.137. The molecule has 0 aliphatic heterocycles. The smallest absolute Gasteiger partial charge is 0.279 e. The van der Waals surface area contributed by atoms with Crippen molar-refractivity contribution >= 4 is 10.2 Å². The molecule has 0 fully saturated rings. The van der Waals surface area contributed by atoms with E-state index in [1.54, 1.807) is 7.11 Å². The molecule has 6 heteroatoms. The second-order valence-corrected chi connectivity index (χ2v) is 7.02. The van der Waals surface area contributed by atoms with Crippen LogP contribution in [0.3, 0.4) is 0 Å². The van der Waals surface area contributed by atoms with Crippen LogP contribution in [0, 0.1) is 5.41 Å². The van der Waals surface area contributed by atoms with Crippen LogP contribution in [0.4, 0.5) is 0 Å². The minimum Gasteiger partial charge on any atom is -0.385 e. The summed E-state index contributed by atoms with van der Waals surface area (Å²) in [5.74, 6) is 0. The molecule has 5 nitrogen and oxygen atoms in total. The summed E-state index contributed by atoms with van der Waals surface area (Å²) in [5, 5.41) is 0. The number of hydrogen-bond acceptors (Lipinski definition) is 3. The van der Waals surface area contributed by atoms with Crippen LogP contribution in [0.15, 0.2) is 0 Å². The monoisotopic (exact) mass is 252 g/mol. The van der Waals surface area contributed by atoms with E-state index in [4.69, 9.17) is 4.74 Å². The van der Waals surface area contributed by atoms with Crippen molar-refractivity contribution in [2.45, 2.75) is 33.2 Å². The fourth-order valence-corrected chi connectivity index (χ4v) is 2.23. The Morgan fingerprint density at radius 1 is 1.31 bits per heavy atom. The quantitative estimate of drug-likeness (QED) is 0.762. The van der Waals surface area contributed by atoms with Gasteiger partial charge in [-0.3, -0.25) is 0 Å². The third kappa shape index (κ3) is 5.25. The van der Waals surface area contributed by atoms with Crippen LogP contribution in [0.5, 0.6) is 0 Å². The summed E-state index contributed by atoms with van der Waals surface area (Å²) < 4.78 is 32.3. The highest BCUT2D eigenvalue weighted by Gasteiger charge is 2.29. The van der Waals surface area contributed by atoms with Crippen molar-refractivity contribution in [2.75, 3.05) is 27.8 Å². The lowest BCUT2D eigenvalue weighted by Crippen LogP contribution is -2.48. The topological polar surface area (TPSA) is 58.6 Å². The van der Waals surface area contributed by atoms with E-state index in [0.29, 0.717) is 13.0 Å². The average molecular weight is 252 g/mol. The number of hydrogen-bond donors (Lipinski definition) is 1. The summed E-state index contributed by atoms with van der Waals surface area (Å²) in [6, 6.07) is -0.139. The molecule has 0 spiro atoms. The van der Waals surface area contributed by atoms with Crippen molar-refractivity contribution in [2.24, 2.45) is 5.41 Å². The van der Waals surface area contributed by atoms with E-state index >= 15 is 0 Å². The van der Waals surface area contributed by atoms with Crippen LogP contribution in [0.1, 0.15) is 27.2 Å². The van der Waals surface area contributed by atoms with Crippen molar-refractivity contribution in [3.8, 4) is 0 Å². The zero-order valence-electron chi connectivity index (χ0n) is 11.1. The van der Waals surface area contributed by atoms with Crippen LogP contribution in [0.25, 0.3) is 0 Å². The molecule has 16 heavy (non-hydrogen) atoms. The molecule has 0 aliphatic rings. The van der Waals surface area contributed by atoms with Gasteiger partial charge >= 0.3 is 0 Å². The maximum atomic E-state index is 11.7. The zero-order chi connectivity index (χ0) is 13.0. The van der Waals surface area contributed by atoms with Gasteiger partial charge in [0, 0.05) is 33.9 Å². The number of nitrogens with one attached hydrogen (secondary N) is 1. The lowest BCUT2D eigenvalue weighted by Gasteiger charge is -2.32. The second-order valence-electron chi connectivity index (χ2n) is 5.11. The normalized spacial score (nSPS) is 15.4. The molecular formula is C10H24N2O3S. The molecule has 0 aromatic heterocycles. The number of rotatable bonds is 6. The Kier molecular flexibility index (Phi) is 5.89. The minimum atomic E-state index is -3.38. The van der Waals surface area contributed by atoms with E-state index < -0.39 is 10.2 Å². The van der Waals surface area contributed by atoms with Crippen LogP contribution in [0.2, 0.25) is 0 Å². The lowest BCUT2D eigenvalue weighted by molar-refractivity contribution is 0.160. The number of ether oxygens (including phenoxy) is 1. The molecule has 0 rings (SSSR count). The van der Waals surface area contributed by atoms with Crippen molar-refractivity contribution in [1.29, 1.82) is 0 Å². The van der Waals surface area contributed by atoms with E-state index in [9.17, 15) is 8.42 Å². The first-order valence-corrected chi connectivity index (χ1v) is 6.74. The van der Waals surface area contributed by atoms with Crippen molar-refractivity contribution in [3.05, 3.63) is 0 Å².